The number of sulfonamides is 1. The topological polar surface area (TPSA) is 83.7 Å². The summed E-state index contributed by atoms with van der Waals surface area (Å²) < 4.78 is 27.0. The molecule has 0 atom stereocenters. The lowest BCUT2D eigenvalue weighted by atomic mass is 10.2. The lowest BCUT2D eigenvalue weighted by Gasteiger charge is -2.22. The first-order chi connectivity index (χ1) is 9.84. The molecule has 0 aliphatic carbocycles. The van der Waals surface area contributed by atoms with Crippen LogP contribution >= 0.6 is 0 Å². The molecule has 7 heteroatoms. The molecule has 1 aromatic rings. The minimum atomic E-state index is -3.63. The first-order valence-corrected chi connectivity index (χ1v) is 8.39. The molecular weight excluding hydrogens is 290 g/mol. The second-order valence-electron chi connectivity index (χ2n) is 5.26. The molecule has 6 nitrogen and oxygen atoms in total. The first kappa shape index (κ1) is 15.8. The number of nitrogen functional groups attached to an aromatic ring is 1. The SMILES string of the molecule is CC(=O)N1CCCN(S(=O)(=O)c2c(C)cccc2N)CC1. The maximum absolute atomic E-state index is 12.8. The van der Waals surface area contributed by atoms with Gasteiger partial charge in [-0.15, -0.1) is 0 Å². The van der Waals surface area contributed by atoms with E-state index in [2.05, 4.69) is 0 Å². The number of nitrogens with zero attached hydrogens (tertiary/aromatic N) is 2. The summed E-state index contributed by atoms with van der Waals surface area (Å²) in [6.07, 6.45) is 0.630. The summed E-state index contributed by atoms with van der Waals surface area (Å²) in [7, 11) is -3.63. The van der Waals surface area contributed by atoms with Gasteiger partial charge in [0, 0.05) is 33.1 Å². The number of benzene rings is 1. The molecule has 0 radical (unpaired) electrons. The highest BCUT2D eigenvalue weighted by Gasteiger charge is 2.30. The van der Waals surface area contributed by atoms with Crippen LogP contribution in [0.25, 0.3) is 0 Å². The van der Waals surface area contributed by atoms with Crippen molar-refractivity contribution in [3.63, 3.8) is 0 Å². The molecule has 1 saturated heterocycles. The van der Waals surface area contributed by atoms with Crippen molar-refractivity contribution >= 4 is 21.6 Å². The number of anilines is 1. The van der Waals surface area contributed by atoms with Crippen LogP contribution in [0.4, 0.5) is 5.69 Å². The monoisotopic (exact) mass is 311 g/mol. The molecule has 0 bridgehead atoms. The van der Waals surface area contributed by atoms with Crippen molar-refractivity contribution in [1.29, 1.82) is 0 Å². The van der Waals surface area contributed by atoms with E-state index in [1.54, 1.807) is 30.0 Å². The Morgan fingerprint density at radius 1 is 1.19 bits per heavy atom. The standard InChI is InChI=1S/C14H21N3O3S/c1-11-5-3-6-13(15)14(11)21(19,20)17-8-4-7-16(9-10-17)12(2)18/h3,5-6H,4,7-10,15H2,1-2H3. The van der Waals surface area contributed by atoms with Gasteiger partial charge in [-0.05, 0) is 25.0 Å². The van der Waals surface area contributed by atoms with Crippen LogP contribution in [0.2, 0.25) is 0 Å². The highest BCUT2D eigenvalue weighted by atomic mass is 32.2. The minimum Gasteiger partial charge on any atom is -0.398 e. The Bertz CT molecular complexity index is 623. The molecule has 0 aromatic heterocycles. The Hall–Kier alpha value is -1.60. The fraction of sp³-hybridized carbons (Fsp3) is 0.500. The highest BCUT2D eigenvalue weighted by Crippen LogP contribution is 2.26. The fourth-order valence-electron chi connectivity index (χ4n) is 2.61. The maximum atomic E-state index is 12.8. The Morgan fingerprint density at radius 2 is 1.90 bits per heavy atom. The summed E-state index contributed by atoms with van der Waals surface area (Å²) in [6.45, 7) is 4.95. The van der Waals surface area contributed by atoms with Gasteiger partial charge in [0.15, 0.2) is 0 Å². The third kappa shape index (κ3) is 3.19. The molecule has 21 heavy (non-hydrogen) atoms. The Kier molecular flexibility index (Phi) is 4.53. The zero-order valence-electron chi connectivity index (χ0n) is 12.4. The number of nitrogens with two attached hydrogens (primary N) is 1. The molecule has 1 aliphatic rings. The quantitative estimate of drug-likeness (QED) is 0.820. The van der Waals surface area contributed by atoms with Gasteiger partial charge in [0.1, 0.15) is 4.90 Å². The summed E-state index contributed by atoms with van der Waals surface area (Å²) in [4.78, 5) is 13.3. The van der Waals surface area contributed by atoms with Gasteiger partial charge in [-0.25, -0.2) is 8.42 Å². The van der Waals surface area contributed by atoms with Crippen molar-refractivity contribution in [3.05, 3.63) is 23.8 Å². The van der Waals surface area contributed by atoms with Crippen molar-refractivity contribution in [2.75, 3.05) is 31.9 Å². The van der Waals surface area contributed by atoms with E-state index in [0.717, 1.165) is 0 Å². The van der Waals surface area contributed by atoms with Crippen LogP contribution in [-0.4, -0.2) is 49.7 Å². The van der Waals surface area contributed by atoms with Crippen LogP contribution in [0.5, 0.6) is 0 Å². The lowest BCUT2D eigenvalue weighted by Crippen LogP contribution is -2.37. The summed E-state index contributed by atoms with van der Waals surface area (Å²) >= 11 is 0. The smallest absolute Gasteiger partial charge is 0.245 e. The van der Waals surface area contributed by atoms with Crippen molar-refractivity contribution < 1.29 is 13.2 Å². The molecular formula is C14H21N3O3S. The van der Waals surface area contributed by atoms with Gasteiger partial charge in [-0.2, -0.15) is 4.31 Å². The lowest BCUT2D eigenvalue weighted by molar-refractivity contribution is -0.128. The van der Waals surface area contributed by atoms with E-state index in [1.807, 2.05) is 0 Å². The number of hydrogen-bond acceptors (Lipinski definition) is 4. The predicted molar refractivity (Wildman–Crippen MR) is 81.2 cm³/mol. The average Bonchev–Trinajstić information content (AvgIpc) is 2.64. The average molecular weight is 311 g/mol. The van der Waals surface area contributed by atoms with Gasteiger partial charge >= 0.3 is 0 Å². The minimum absolute atomic E-state index is 0.0235. The first-order valence-electron chi connectivity index (χ1n) is 6.95. The van der Waals surface area contributed by atoms with Crippen molar-refractivity contribution in [1.82, 2.24) is 9.21 Å². The third-order valence-corrected chi connectivity index (χ3v) is 5.86. The highest BCUT2D eigenvalue weighted by molar-refractivity contribution is 7.89. The number of carbonyl (C=O) groups is 1. The van der Waals surface area contributed by atoms with Crippen LogP contribution in [0.1, 0.15) is 18.9 Å². The fourth-order valence-corrected chi connectivity index (χ4v) is 4.40. The van der Waals surface area contributed by atoms with E-state index in [1.165, 1.54) is 11.2 Å². The van der Waals surface area contributed by atoms with E-state index in [9.17, 15) is 13.2 Å². The number of carbonyl (C=O) groups excluding carboxylic acids is 1. The van der Waals surface area contributed by atoms with E-state index >= 15 is 0 Å². The molecule has 1 amide bonds. The molecule has 0 spiro atoms. The number of aryl methyl sites for hydroxylation is 1. The van der Waals surface area contributed by atoms with Gasteiger partial charge in [-0.3, -0.25) is 4.79 Å². The Morgan fingerprint density at radius 3 is 2.52 bits per heavy atom. The van der Waals surface area contributed by atoms with Gasteiger partial charge in [0.2, 0.25) is 15.9 Å². The number of amides is 1. The van der Waals surface area contributed by atoms with Gasteiger partial charge in [-0.1, -0.05) is 12.1 Å². The molecule has 2 rings (SSSR count). The van der Waals surface area contributed by atoms with E-state index in [-0.39, 0.29) is 16.5 Å². The molecule has 1 heterocycles. The second kappa shape index (κ2) is 6.03. The third-order valence-electron chi connectivity index (χ3n) is 3.74. The predicted octanol–water partition coefficient (Wildman–Crippen LogP) is 0.820. The van der Waals surface area contributed by atoms with Crippen molar-refractivity contribution in [3.8, 4) is 0 Å². The van der Waals surface area contributed by atoms with E-state index < -0.39 is 10.0 Å². The van der Waals surface area contributed by atoms with Crippen molar-refractivity contribution in [2.24, 2.45) is 0 Å². The molecule has 0 unspecified atom stereocenters. The zero-order chi connectivity index (χ0) is 15.6. The summed E-state index contributed by atoms with van der Waals surface area (Å²) in [5, 5.41) is 0. The Balaban J connectivity index is 2.30. The molecule has 1 aliphatic heterocycles. The zero-order valence-corrected chi connectivity index (χ0v) is 13.2. The van der Waals surface area contributed by atoms with Crippen LogP contribution < -0.4 is 5.73 Å². The van der Waals surface area contributed by atoms with E-state index in [4.69, 9.17) is 5.73 Å². The van der Waals surface area contributed by atoms with Crippen LogP contribution in [-0.2, 0) is 14.8 Å². The van der Waals surface area contributed by atoms with Crippen molar-refractivity contribution in [2.45, 2.75) is 25.2 Å². The number of hydrogen-bond donors (Lipinski definition) is 1. The van der Waals surface area contributed by atoms with Gasteiger partial charge in [0.05, 0.1) is 5.69 Å². The molecule has 116 valence electrons. The van der Waals surface area contributed by atoms with E-state index in [0.29, 0.717) is 38.2 Å². The van der Waals surface area contributed by atoms with Crippen LogP contribution in [0.15, 0.2) is 23.1 Å². The largest absolute Gasteiger partial charge is 0.398 e. The normalized spacial score (nSPS) is 17.5. The summed E-state index contributed by atoms with van der Waals surface area (Å²) in [6, 6.07) is 5.08. The molecule has 2 N–H and O–H groups in total. The molecule has 1 aromatic carbocycles. The second-order valence-corrected chi connectivity index (χ2v) is 7.13. The summed E-state index contributed by atoms with van der Waals surface area (Å²) in [5.41, 5.74) is 6.77. The Labute approximate surface area is 125 Å². The van der Waals surface area contributed by atoms with Gasteiger partial charge in [0.25, 0.3) is 0 Å². The maximum Gasteiger partial charge on any atom is 0.245 e. The summed E-state index contributed by atoms with van der Waals surface area (Å²) in [5.74, 6) is -0.0235. The number of rotatable bonds is 2. The van der Waals surface area contributed by atoms with Crippen LogP contribution in [0.3, 0.4) is 0 Å². The van der Waals surface area contributed by atoms with Gasteiger partial charge < -0.3 is 10.6 Å². The molecule has 1 fully saturated rings. The van der Waals surface area contributed by atoms with Crippen LogP contribution in [0, 0.1) is 6.92 Å². The molecule has 0 saturated carbocycles.